The molecular weight excluding hydrogens is 473 g/mol. The summed E-state index contributed by atoms with van der Waals surface area (Å²) in [6, 6.07) is 14.1. The molecule has 0 saturated carbocycles. The molecule has 0 N–H and O–H groups in total. The largest absolute Gasteiger partial charge is 0.461 e. The molecule has 0 aliphatic carbocycles. The first kappa shape index (κ1) is 24.3. The number of fused-ring (bicyclic) bond motifs is 1. The van der Waals surface area contributed by atoms with Gasteiger partial charge in [0.15, 0.2) is 5.84 Å². The zero-order valence-corrected chi connectivity index (χ0v) is 19.6. The molecule has 0 atom stereocenters. The Balaban J connectivity index is 0.00000289. The van der Waals surface area contributed by atoms with Crippen LogP contribution in [0.15, 0.2) is 63.9 Å². The molecule has 2 heterocycles. The lowest BCUT2D eigenvalue weighted by Crippen LogP contribution is -2.49. The first-order chi connectivity index (χ1) is 14.9. The average molecular weight is 496 g/mol. The number of piperazine rings is 1. The number of benzene rings is 2. The summed E-state index contributed by atoms with van der Waals surface area (Å²) >= 11 is 5.92. The average Bonchev–Trinajstić information content (AvgIpc) is 3.04. The number of halogens is 2. The Hall–Kier alpha value is -2.39. The molecule has 2 aromatic rings. The van der Waals surface area contributed by atoms with Crippen LogP contribution in [0.3, 0.4) is 0 Å². The highest BCUT2D eigenvalue weighted by molar-refractivity contribution is 7.90. The third-order valence-electron chi connectivity index (χ3n) is 5.20. The first-order valence-electron chi connectivity index (χ1n) is 9.94. The van der Waals surface area contributed by atoms with Gasteiger partial charge in [-0.25, -0.2) is 4.79 Å². The van der Waals surface area contributed by atoms with Crippen LogP contribution >= 0.6 is 24.0 Å². The predicted molar refractivity (Wildman–Crippen MR) is 127 cm³/mol. The van der Waals surface area contributed by atoms with E-state index in [1.54, 1.807) is 36.4 Å². The summed E-state index contributed by atoms with van der Waals surface area (Å²) in [5, 5.41) is 0.610. The third kappa shape index (κ3) is 5.69. The number of carbonyl (C=O) groups is 1. The third-order valence-corrected chi connectivity index (χ3v) is 6.76. The van der Waals surface area contributed by atoms with Gasteiger partial charge in [0.1, 0.15) is 11.5 Å². The molecule has 0 unspecified atom stereocenters. The Bertz CT molecular complexity index is 1140. The number of ether oxygens (including phenoxy) is 1. The van der Waals surface area contributed by atoms with Crippen LogP contribution in [0.2, 0.25) is 5.02 Å². The van der Waals surface area contributed by atoms with E-state index in [-0.39, 0.29) is 23.9 Å². The molecule has 7 nitrogen and oxygen atoms in total. The van der Waals surface area contributed by atoms with Crippen molar-refractivity contribution in [3.63, 3.8) is 0 Å². The minimum absolute atomic E-state index is 0. The van der Waals surface area contributed by atoms with E-state index in [9.17, 15) is 13.2 Å². The van der Waals surface area contributed by atoms with E-state index in [2.05, 4.69) is 9.30 Å². The number of hydrogen-bond acceptors (Lipinski definition) is 6. The summed E-state index contributed by atoms with van der Waals surface area (Å²) < 4.78 is 33.8. The van der Waals surface area contributed by atoms with Crippen molar-refractivity contribution in [3.8, 4) is 0 Å². The van der Waals surface area contributed by atoms with E-state index in [0.29, 0.717) is 36.1 Å². The Kier molecular flexibility index (Phi) is 7.95. The van der Waals surface area contributed by atoms with Gasteiger partial charge in [-0.05, 0) is 35.9 Å². The van der Waals surface area contributed by atoms with Gasteiger partial charge in [-0.15, -0.1) is 16.8 Å². The van der Waals surface area contributed by atoms with Gasteiger partial charge in [-0.1, -0.05) is 35.9 Å². The minimum atomic E-state index is -3.61. The lowest BCUT2D eigenvalue weighted by Gasteiger charge is -2.35. The van der Waals surface area contributed by atoms with Gasteiger partial charge in [-0.2, -0.15) is 8.42 Å². The van der Waals surface area contributed by atoms with Crippen LogP contribution < -0.4 is 0 Å². The highest BCUT2D eigenvalue weighted by atomic mass is 35.5. The Morgan fingerprint density at radius 1 is 1.09 bits per heavy atom. The topological polar surface area (TPSA) is 79.3 Å². The maximum atomic E-state index is 12.3. The maximum Gasteiger partial charge on any atom is 0.330 e. The number of sulfonamides is 1. The number of amidine groups is 1. The quantitative estimate of drug-likeness (QED) is 0.468. The number of nitrogens with zero attached hydrogens (tertiary/aromatic N) is 3. The number of carbonyl (C=O) groups excluding carboxylic acids is 1. The van der Waals surface area contributed by atoms with Crippen LogP contribution in [0, 0.1) is 0 Å². The van der Waals surface area contributed by atoms with Gasteiger partial charge in [-0.3, -0.25) is 4.90 Å². The Morgan fingerprint density at radius 2 is 1.84 bits per heavy atom. The van der Waals surface area contributed by atoms with Gasteiger partial charge < -0.3 is 9.64 Å². The number of rotatable bonds is 5. The molecule has 4 rings (SSSR count). The van der Waals surface area contributed by atoms with Crippen molar-refractivity contribution >= 4 is 51.9 Å². The Labute approximate surface area is 198 Å². The van der Waals surface area contributed by atoms with Crippen molar-refractivity contribution in [1.82, 2.24) is 9.80 Å². The van der Waals surface area contributed by atoms with Gasteiger partial charge in [0, 0.05) is 49.4 Å². The highest BCUT2D eigenvalue weighted by Crippen LogP contribution is 2.27. The summed E-state index contributed by atoms with van der Waals surface area (Å²) in [7, 11) is -3.61. The normalized spacial score (nSPS) is 17.5. The molecule has 10 heteroatoms. The van der Waals surface area contributed by atoms with Crippen LogP contribution in [-0.4, -0.2) is 69.4 Å². The van der Waals surface area contributed by atoms with Crippen molar-refractivity contribution in [2.24, 2.45) is 4.40 Å². The molecule has 0 bridgehead atoms. The van der Waals surface area contributed by atoms with E-state index >= 15 is 0 Å². The van der Waals surface area contributed by atoms with Crippen molar-refractivity contribution < 1.29 is 17.9 Å². The van der Waals surface area contributed by atoms with Crippen LogP contribution in [0.25, 0.3) is 6.08 Å². The molecule has 0 amide bonds. The maximum absolute atomic E-state index is 12.3. The fraction of sp³-hybridized carbons (Fsp3) is 0.273. The molecule has 2 aliphatic heterocycles. The van der Waals surface area contributed by atoms with Crippen molar-refractivity contribution in [3.05, 3.63) is 70.8 Å². The van der Waals surface area contributed by atoms with E-state index in [1.165, 1.54) is 6.08 Å². The molecule has 0 spiro atoms. The summed E-state index contributed by atoms with van der Waals surface area (Å²) in [6.07, 6.45) is 3.06. The number of esters is 1. The number of hydrogen-bond donors (Lipinski definition) is 0. The van der Waals surface area contributed by atoms with E-state index < -0.39 is 16.0 Å². The van der Waals surface area contributed by atoms with E-state index in [0.717, 1.165) is 18.7 Å². The van der Waals surface area contributed by atoms with Crippen LogP contribution in [-0.2, 0) is 19.6 Å². The summed E-state index contributed by atoms with van der Waals surface area (Å²) in [6.45, 7) is 3.69. The van der Waals surface area contributed by atoms with E-state index in [1.807, 2.05) is 23.1 Å². The highest BCUT2D eigenvalue weighted by Gasteiger charge is 2.32. The standard InChI is InChI=1S/C22H22ClN3O4S.ClH/c23-18-5-3-4-17(16-18)8-9-21(27)30-15-14-25-10-12-26(13-11-25)22-19-6-1-2-7-20(19)31(28,29)24-22;/h1-9,16H,10-15H2;1H/b9-8+;. The molecule has 0 aromatic heterocycles. The van der Waals surface area contributed by atoms with Crippen molar-refractivity contribution in [2.45, 2.75) is 4.90 Å². The fourth-order valence-electron chi connectivity index (χ4n) is 3.60. The second-order valence-electron chi connectivity index (χ2n) is 7.27. The van der Waals surface area contributed by atoms with Gasteiger partial charge >= 0.3 is 5.97 Å². The second kappa shape index (κ2) is 10.5. The molecule has 1 saturated heterocycles. The van der Waals surface area contributed by atoms with Crippen LogP contribution in [0.5, 0.6) is 0 Å². The first-order valence-corrected chi connectivity index (χ1v) is 11.8. The van der Waals surface area contributed by atoms with Gasteiger partial charge in [0.25, 0.3) is 10.0 Å². The molecule has 170 valence electrons. The van der Waals surface area contributed by atoms with Crippen molar-refractivity contribution in [1.29, 1.82) is 0 Å². The summed E-state index contributed by atoms with van der Waals surface area (Å²) in [5.74, 6) is 0.119. The zero-order valence-electron chi connectivity index (χ0n) is 17.2. The SMILES string of the molecule is Cl.O=C(/C=C/c1cccc(Cl)c1)OCCN1CCN(C2=NS(=O)(=O)c3ccccc32)CC1. The van der Waals surface area contributed by atoms with Crippen LogP contribution in [0.1, 0.15) is 11.1 Å². The van der Waals surface area contributed by atoms with Crippen molar-refractivity contribution in [2.75, 3.05) is 39.3 Å². The molecule has 0 radical (unpaired) electrons. The summed E-state index contributed by atoms with van der Waals surface area (Å²) in [5.41, 5.74) is 1.50. The lowest BCUT2D eigenvalue weighted by molar-refractivity contribution is -0.138. The molecule has 2 aromatic carbocycles. The van der Waals surface area contributed by atoms with Crippen LogP contribution in [0.4, 0.5) is 0 Å². The molecule has 32 heavy (non-hydrogen) atoms. The van der Waals surface area contributed by atoms with Gasteiger partial charge in [0.05, 0.1) is 0 Å². The zero-order chi connectivity index (χ0) is 21.8. The Morgan fingerprint density at radius 3 is 2.59 bits per heavy atom. The lowest BCUT2D eigenvalue weighted by atomic mass is 10.1. The molecular formula is C22H23Cl2N3O4S. The molecule has 2 aliphatic rings. The fourth-order valence-corrected chi connectivity index (χ4v) is 5.02. The summed E-state index contributed by atoms with van der Waals surface area (Å²) in [4.78, 5) is 16.4. The predicted octanol–water partition coefficient (Wildman–Crippen LogP) is 3.08. The molecule has 1 fully saturated rings. The minimum Gasteiger partial charge on any atom is -0.461 e. The second-order valence-corrected chi connectivity index (χ2v) is 9.28. The smallest absolute Gasteiger partial charge is 0.330 e. The van der Waals surface area contributed by atoms with E-state index in [4.69, 9.17) is 16.3 Å². The monoisotopic (exact) mass is 495 g/mol. The van der Waals surface area contributed by atoms with Gasteiger partial charge in [0.2, 0.25) is 0 Å².